The first kappa shape index (κ1) is 22.4. The SMILES string of the molecule is O=C(CCCOCCOCCC(=O)ON1C(=O)CCC1=O)ON1C(=O)CCC1=O. The second kappa shape index (κ2) is 11.2. The molecule has 0 saturated carbocycles. The van der Waals surface area contributed by atoms with Gasteiger partial charge in [0.1, 0.15) is 0 Å². The van der Waals surface area contributed by atoms with Gasteiger partial charge in [-0.1, -0.05) is 0 Å². The summed E-state index contributed by atoms with van der Waals surface area (Å²) in [4.78, 5) is 77.7. The van der Waals surface area contributed by atoms with Crippen LogP contribution in [0.4, 0.5) is 0 Å². The molecule has 0 radical (unpaired) electrons. The summed E-state index contributed by atoms with van der Waals surface area (Å²) in [7, 11) is 0. The summed E-state index contributed by atoms with van der Waals surface area (Å²) in [6.45, 7) is 0.677. The van der Waals surface area contributed by atoms with Crippen LogP contribution in [-0.2, 0) is 47.9 Å². The highest BCUT2D eigenvalue weighted by atomic mass is 16.7. The minimum atomic E-state index is -0.747. The molecule has 2 heterocycles. The highest BCUT2D eigenvalue weighted by Gasteiger charge is 2.33. The number of rotatable bonds is 12. The second-order valence-electron chi connectivity index (χ2n) is 6.17. The fraction of sp³-hybridized carbons (Fsp3) is 0.647. The maximum Gasteiger partial charge on any atom is 0.335 e. The van der Waals surface area contributed by atoms with Crippen molar-refractivity contribution in [3.63, 3.8) is 0 Å². The lowest BCUT2D eigenvalue weighted by atomic mass is 10.3. The maximum absolute atomic E-state index is 11.6. The molecule has 0 N–H and O–H groups in total. The zero-order valence-corrected chi connectivity index (χ0v) is 15.8. The maximum atomic E-state index is 11.6. The molecule has 4 amide bonds. The average molecular weight is 414 g/mol. The third-order valence-electron chi connectivity index (χ3n) is 3.89. The van der Waals surface area contributed by atoms with Crippen molar-refractivity contribution in [3.05, 3.63) is 0 Å². The molecule has 2 aliphatic heterocycles. The van der Waals surface area contributed by atoms with Crippen LogP contribution in [0.25, 0.3) is 0 Å². The number of hydrogen-bond donors (Lipinski definition) is 0. The van der Waals surface area contributed by atoms with E-state index in [-0.39, 0.29) is 65.0 Å². The van der Waals surface area contributed by atoms with Crippen molar-refractivity contribution >= 4 is 35.6 Å². The quantitative estimate of drug-likeness (QED) is 0.300. The molecule has 12 nitrogen and oxygen atoms in total. The van der Waals surface area contributed by atoms with Crippen LogP contribution >= 0.6 is 0 Å². The zero-order chi connectivity index (χ0) is 21.2. The molecule has 2 fully saturated rings. The van der Waals surface area contributed by atoms with Crippen molar-refractivity contribution in [1.82, 2.24) is 10.1 Å². The summed E-state index contributed by atoms with van der Waals surface area (Å²) in [5.74, 6) is -3.58. The van der Waals surface area contributed by atoms with Crippen molar-refractivity contribution in [2.75, 3.05) is 26.4 Å². The van der Waals surface area contributed by atoms with Gasteiger partial charge >= 0.3 is 11.9 Å². The number of hydroxylamine groups is 4. The Hall–Kier alpha value is -2.86. The molecule has 2 aliphatic rings. The third kappa shape index (κ3) is 7.23. The molecule has 0 aromatic carbocycles. The monoisotopic (exact) mass is 414 g/mol. The van der Waals surface area contributed by atoms with E-state index < -0.39 is 35.6 Å². The number of carbonyl (C=O) groups is 6. The van der Waals surface area contributed by atoms with Gasteiger partial charge in [-0.25, -0.2) is 9.59 Å². The first-order chi connectivity index (χ1) is 13.9. The van der Waals surface area contributed by atoms with Gasteiger partial charge in [0, 0.05) is 32.3 Å². The first-order valence-electron chi connectivity index (χ1n) is 9.17. The van der Waals surface area contributed by atoms with Gasteiger partial charge in [0.25, 0.3) is 23.6 Å². The van der Waals surface area contributed by atoms with Crippen LogP contribution in [0.15, 0.2) is 0 Å². The molecule has 0 unspecified atom stereocenters. The Bertz CT molecular complexity index is 589. The van der Waals surface area contributed by atoms with Gasteiger partial charge < -0.3 is 19.1 Å². The predicted octanol–water partition coefficient (Wildman–Crippen LogP) is -0.596. The van der Waals surface area contributed by atoms with Crippen molar-refractivity contribution in [1.29, 1.82) is 0 Å². The predicted molar refractivity (Wildman–Crippen MR) is 89.8 cm³/mol. The molecule has 0 spiro atoms. The Labute approximate surface area is 165 Å². The highest BCUT2D eigenvalue weighted by Crippen LogP contribution is 2.13. The van der Waals surface area contributed by atoms with Crippen molar-refractivity contribution in [2.24, 2.45) is 0 Å². The summed E-state index contributed by atoms with van der Waals surface area (Å²) in [6.07, 6.45) is 0.342. The highest BCUT2D eigenvalue weighted by molar-refractivity contribution is 6.02. The van der Waals surface area contributed by atoms with Gasteiger partial charge in [-0.3, -0.25) is 19.2 Å². The Balaban J connectivity index is 1.42. The molecular formula is C17H22N2O10. The van der Waals surface area contributed by atoms with E-state index >= 15 is 0 Å². The first-order valence-corrected chi connectivity index (χ1v) is 9.17. The lowest BCUT2D eigenvalue weighted by molar-refractivity contribution is -0.198. The van der Waals surface area contributed by atoms with E-state index in [2.05, 4.69) is 4.84 Å². The molecule has 160 valence electrons. The molecule has 2 saturated heterocycles. The molecule has 0 aromatic rings. The van der Waals surface area contributed by atoms with Crippen molar-refractivity contribution < 1.29 is 47.9 Å². The standard InChI is InChI=1S/C17H22N2O10/c20-12-3-4-13(21)18(12)28-16(24)2-1-8-26-10-11-27-9-7-17(25)29-19-14(22)5-6-15(19)23/h1-11H2. The van der Waals surface area contributed by atoms with Gasteiger partial charge in [0.2, 0.25) is 0 Å². The summed E-state index contributed by atoms with van der Waals surface area (Å²) < 4.78 is 10.4. The Kier molecular flexibility index (Phi) is 8.68. The lowest BCUT2D eigenvalue weighted by Gasteiger charge is -2.12. The van der Waals surface area contributed by atoms with E-state index in [4.69, 9.17) is 14.3 Å². The number of carbonyl (C=O) groups excluding carboxylic acids is 6. The van der Waals surface area contributed by atoms with E-state index in [0.717, 1.165) is 0 Å². The van der Waals surface area contributed by atoms with Crippen LogP contribution in [0.1, 0.15) is 44.9 Å². The van der Waals surface area contributed by atoms with Crippen molar-refractivity contribution in [2.45, 2.75) is 44.9 Å². The summed E-state index contributed by atoms with van der Waals surface area (Å²) in [6, 6.07) is 0. The largest absolute Gasteiger partial charge is 0.379 e. The van der Waals surface area contributed by atoms with Crippen LogP contribution in [0.5, 0.6) is 0 Å². The number of amides is 4. The summed E-state index contributed by atoms with van der Waals surface area (Å²) in [5, 5.41) is 0.976. The van der Waals surface area contributed by atoms with E-state index in [1.54, 1.807) is 0 Å². The minimum absolute atomic E-state index is 0.0162. The van der Waals surface area contributed by atoms with Gasteiger partial charge in [0.05, 0.1) is 32.7 Å². The summed E-state index contributed by atoms with van der Waals surface area (Å²) in [5.41, 5.74) is 0. The Morgan fingerprint density at radius 2 is 1.03 bits per heavy atom. The van der Waals surface area contributed by atoms with E-state index in [1.165, 1.54) is 0 Å². The third-order valence-corrected chi connectivity index (χ3v) is 3.89. The normalized spacial score (nSPS) is 16.7. The topological polar surface area (TPSA) is 146 Å². The Morgan fingerprint density at radius 3 is 1.52 bits per heavy atom. The van der Waals surface area contributed by atoms with Gasteiger partial charge in [-0.05, 0) is 6.42 Å². The number of ether oxygens (including phenoxy) is 2. The molecule has 0 aliphatic carbocycles. The second-order valence-corrected chi connectivity index (χ2v) is 6.17. The summed E-state index contributed by atoms with van der Waals surface area (Å²) >= 11 is 0. The van der Waals surface area contributed by atoms with Crippen LogP contribution in [-0.4, -0.2) is 72.1 Å². The van der Waals surface area contributed by atoms with Crippen molar-refractivity contribution in [3.8, 4) is 0 Å². The van der Waals surface area contributed by atoms with Crippen LogP contribution in [0.2, 0.25) is 0 Å². The molecule has 0 aromatic heterocycles. The van der Waals surface area contributed by atoms with E-state index in [1.807, 2.05) is 0 Å². The fourth-order valence-electron chi connectivity index (χ4n) is 2.41. The smallest absolute Gasteiger partial charge is 0.335 e. The van der Waals surface area contributed by atoms with Gasteiger partial charge in [-0.2, -0.15) is 0 Å². The van der Waals surface area contributed by atoms with Crippen LogP contribution < -0.4 is 0 Å². The number of nitrogens with zero attached hydrogens (tertiary/aromatic N) is 2. The molecule has 12 heteroatoms. The van der Waals surface area contributed by atoms with Gasteiger partial charge in [-0.15, -0.1) is 10.1 Å². The number of imide groups is 2. The van der Waals surface area contributed by atoms with Crippen LogP contribution in [0, 0.1) is 0 Å². The van der Waals surface area contributed by atoms with Gasteiger partial charge in [0.15, 0.2) is 0 Å². The van der Waals surface area contributed by atoms with Crippen LogP contribution in [0.3, 0.4) is 0 Å². The zero-order valence-electron chi connectivity index (χ0n) is 15.8. The molecule has 29 heavy (non-hydrogen) atoms. The van der Waals surface area contributed by atoms with E-state index in [0.29, 0.717) is 16.5 Å². The fourth-order valence-corrected chi connectivity index (χ4v) is 2.41. The molecule has 2 rings (SSSR count). The number of hydrogen-bond acceptors (Lipinski definition) is 10. The minimum Gasteiger partial charge on any atom is -0.379 e. The average Bonchev–Trinajstić information content (AvgIpc) is 3.16. The molecular weight excluding hydrogens is 392 g/mol. The van der Waals surface area contributed by atoms with E-state index in [9.17, 15) is 28.8 Å². The molecule has 0 bridgehead atoms. The lowest BCUT2D eigenvalue weighted by Crippen LogP contribution is -2.32. The molecule has 0 atom stereocenters. The Morgan fingerprint density at radius 1 is 0.621 bits per heavy atom.